The number of hydrogen-bond donors (Lipinski definition) is 1. The number of fused-ring (bicyclic) bond motifs is 1. The molecule has 4 rings (SSSR count). The van der Waals surface area contributed by atoms with Crippen LogP contribution in [0.5, 0.6) is 5.75 Å². The maximum atomic E-state index is 13.1. The first-order chi connectivity index (χ1) is 14.5. The normalized spacial score (nSPS) is 10.7. The van der Waals surface area contributed by atoms with Gasteiger partial charge in [0.25, 0.3) is 5.91 Å². The monoisotopic (exact) mass is 407 g/mol. The minimum atomic E-state index is -0.421. The first-order valence-corrected chi connectivity index (χ1v) is 8.99. The van der Waals surface area contributed by atoms with Gasteiger partial charge in [-0.1, -0.05) is 12.1 Å². The van der Waals surface area contributed by atoms with Crippen LogP contribution in [0.1, 0.15) is 0 Å². The van der Waals surface area contributed by atoms with Gasteiger partial charge in [0.2, 0.25) is 0 Å². The van der Waals surface area contributed by atoms with E-state index in [-0.39, 0.29) is 12.0 Å². The summed E-state index contributed by atoms with van der Waals surface area (Å²) < 4.78 is 37.0. The van der Waals surface area contributed by atoms with Crippen LogP contribution in [0.25, 0.3) is 22.1 Å². The molecular formula is C23H15F2NO4. The number of amides is 1. The van der Waals surface area contributed by atoms with Crippen LogP contribution in [-0.2, 0) is 4.79 Å². The standard InChI is InChI=1S/C23H15F2NO4/c24-15-3-1-14(2-4-15)20-12-30-21-11-18(9-10-19(21)23(20)28)29-13-22(27)26-17-7-5-16(25)6-8-17/h1-12H,13H2,(H,26,27). The van der Waals surface area contributed by atoms with Crippen LogP contribution in [0, 0.1) is 11.6 Å². The summed E-state index contributed by atoms with van der Waals surface area (Å²) in [4.78, 5) is 24.7. The molecule has 1 amide bonds. The van der Waals surface area contributed by atoms with Crippen molar-refractivity contribution in [1.29, 1.82) is 0 Å². The second-order valence-corrected chi connectivity index (χ2v) is 6.49. The van der Waals surface area contributed by atoms with Gasteiger partial charge in [-0.2, -0.15) is 0 Å². The van der Waals surface area contributed by atoms with Crippen molar-refractivity contribution in [3.8, 4) is 16.9 Å². The van der Waals surface area contributed by atoms with Gasteiger partial charge in [0.15, 0.2) is 12.0 Å². The minimum absolute atomic E-state index is 0.261. The van der Waals surface area contributed by atoms with E-state index in [9.17, 15) is 18.4 Å². The predicted molar refractivity (Wildman–Crippen MR) is 108 cm³/mol. The van der Waals surface area contributed by atoms with Gasteiger partial charge in [0.05, 0.1) is 10.9 Å². The summed E-state index contributed by atoms with van der Waals surface area (Å²) in [7, 11) is 0. The number of benzene rings is 3. The van der Waals surface area contributed by atoms with Gasteiger partial charge in [0, 0.05) is 11.8 Å². The molecule has 0 unspecified atom stereocenters. The Morgan fingerprint density at radius 1 is 0.933 bits per heavy atom. The summed E-state index contributed by atoms with van der Waals surface area (Å²) in [6, 6.07) is 15.5. The molecule has 0 aliphatic carbocycles. The molecule has 150 valence electrons. The van der Waals surface area contributed by atoms with Crippen molar-refractivity contribution in [2.75, 3.05) is 11.9 Å². The highest BCUT2D eigenvalue weighted by Crippen LogP contribution is 2.23. The van der Waals surface area contributed by atoms with Crippen molar-refractivity contribution < 1.29 is 22.7 Å². The van der Waals surface area contributed by atoms with E-state index in [1.54, 1.807) is 12.1 Å². The van der Waals surface area contributed by atoms with Crippen LogP contribution in [0.2, 0.25) is 0 Å². The Morgan fingerprint density at radius 3 is 2.30 bits per heavy atom. The summed E-state index contributed by atoms with van der Waals surface area (Å²) in [5, 5.41) is 2.92. The average Bonchev–Trinajstić information content (AvgIpc) is 2.75. The SMILES string of the molecule is O=C(COc1ccc2c(=O)c(-c3ccc(F)cc3)coc2c1)Nc1ccc(F)cc1. The molecule has 1 heterocycles. The molecule has 0 bridgehead atoms. The number of ether oxygens (including phenoxy) is 1. The van der Waals surface area contributed by atoms with Crippen molar-refractivity contribution in [2.24, 2.45) is 0 Å². The zero-order valence-corrected chi connectivity index (χ0v) is 15.5. The van der Waals surface area contributed by atoms with Gasteiger partial charge in [-0.05, 0) is 54.1 Å². The van der Waals surface area contributed by atoms with Crippen molar-refractivity contribution in [3.63, 3.8) is 0 Å². The Balaban J connectivity index is 1.49. The molecule has 0 aliphatic rings. The Kier molecular flexibility index (Phi) is 5.26. The molecule has 0 saturated heterocycles. The number of nitrogens with one attached hydrogen (secondary N) is 1. The Hall–Kier alpha value is -4.00. The van der Waals surface area contributed by atoms with E-state index in [0.29, 0.717) is 33.5 Å². The van der Waals surface area contributed by atoms with E-state index in [1.807, 2.05) is 0 Å². The van der Waals surface area contributed by atoms with Crippen LogP contribution < -0.4 is 15.5 Å². The average molecular weight is 407 g/mol. The molecular weight excluding hydrogens is 392 g/mol. The molecule has 0 fully saturated rings. The molecule has 4 aromatic rings. The van der Waals surface area contributed by atoms with Gasteiger partial charge < -0.3 is 14.5 Å². The predicted octanol–water partition coefficient (Wildman–Crippen LogP) is 4.76. The third-order valence-corrected chi connectivity index (χ3v) is 4.40. The van der Waals surface area contributed by atoms with Crippen molar-refractivity contribution >= 4 is 22.6 Å². The van der Waals surface area contributed by atoms with Crippen LogP contribution in [-0.4, -0.2) is 12.5 Å². The fourth-order valence-electron chi connectivity index (χ4n) is 2.91. The first-order valence-electron chi connectivity index (χ1n) is 8.99. The second kappa shape index (κ2) is 8.16. The fourth-order valence-corrected chi connectivity index (χ4v) is 2.91. The third kappa shape index (κ3) is 4.20. The van der Waals surface area contributed by atoms with Gasteiger partial charge >= 0.3 is 0 Å². The van der Waals surface area contributed by atoms with E-state index < -0.39 is 17.5 Å². The summed E-state index contributed by atoms with van der Waals surface area (Å²) in [6.07, 6.45) is 1.31. The Labute approximate surface area is 169 Å². The number of anilines is 1. The number of hydrogen-bond acceptors (Lipinski definition) is 4. The highest BCUT2D eigenvalue weighted by atomic mass is 19.1. The lowest BCUT2D eigenvalue weighted by molar-refractivity contribution is -0.118. The molecule has 1 aromatic heterocycles. The summed E-state index contributed by atoms with van der Waals surface area (Å²) in [5.41, 5.74) is 1.34. The van der Waals surface area contributed by atoms with Crippen molar-refractivity contribution in [2.45, 2.75) is 0 Å². The number of rotatable bonds is 5. The highest BCUT2D eigenvalue weighted by Gasteiger charge is 2.11. The number of halogens is 2. The second-order valence-electron chi connectivity index (χ2n) is 6.49. The molecule has 0 atom stereocenters. The Morgan fingerprint density at radius 2 is 1.60 bits per heavy atom. The lowest BCUT2D eigenvalue weighted by Gasteiger charge is -2.08. The Bertz CT molecular complexity index is 1270. The van der Waals surface area contributed by atoms with Gasteiger partial charge in [-0.3, -0.25) is 9.59 Å². The van der Waals surface area contributed by atoms with E-state index >= 15 is 0 Å². The zero-order valence-electron chi connectivity index (χ0n) is 15.5. The van der Waals surface area contributed by atoms with Crippen LogP contribution in [0.3, 0.4) is 0 Å². The van der Waals surface area contributed by atoms with Gasteiger partial charge in [0.1, 0.15) is 29.2 Å². The molecule has 1 N–H and O–H groups in total. The molecule has 0 aliphatic heterocycles. The van der Waals surface area contributed by atoms with Crippen molar-refractivity contribution in [1.82, 2.24) is 0 Å². The smallest absolute Gasteiger partial charge is 0.262 e. The van der Waals surface area contributed by atoms with Gasteiger partial charge in [-0.15, -0.1) is 0 Å². The van der Waals surface area contributed by atoms with Crippen LogP contribution in [0.15, 0.2) is 82.2 Å². The van der Waals surface area contributed by atoms with E-state index in [4.69, 9.17) is 9.15 Å². The fraction of sp³-hybridized carbons (Fsp3) is 0.0435. The molecule has 0 saturated carbocycles. The van der Waals surface area contributed by atoms with Crippen LogP contribution in [0.4, 0.5) is 14.5 Å². The molecule has 0 radical (unpaired) electrons. The molecule has 3 aromatic carbocycles. The van der Waals surface area contributed by atoms with E-state index in [0.717, 1.165) is 0 Å². The van der Waals surface area contributed by atoms with E-state index in [1.165, 1.54) is 60.9 Å². The summed E-state index contributed by atoms with van der Waals surface area (Å²) in [6.45, 7) is -0.277. The van der Waals surface area contributed by atoms with Crippen LogP contribution >= 0.6 is 0 Å². The zero-order chi connectivity index (χ0) is 21.1. The minimum Gasteiger partial charge on any atom is -0.484 e. The lowest BCUT2D eigenvalue weighted by atomic mass is 10.1. The quantitative estimate of drug-likeness (QED) is 0.518. The molecule has 7 heteroatoms. The summed E-state index contributed by atoms with van der Waals surface area (Å²) >= 11 is 0. The molecule has 5 nitrogen and oxygen atoms in total. The highest BCUT2D eigenvalue weighted by molar-refractivity contribution is 5.92. The van der Waals surface area contributed by atoms with E-state index in [2.05, 4.69) is 5.32 Å². The first kappa shape index (κ1) is 19.3. The lowest BCUT2D eigenvalue weighted by Crippen LogP contribution is -2.20. The number of carbonyl (C=O) groups excluding carboxylic acids is 1. The topological polar surface area (TPSA) is 68.5 Å². The third-order valence-electron chi connectivity index (χ3n) is 4.40. The number of carbonyl (C=O) groups is 1. The summed E-state index contributed by atoms with van der Waals surface area (Å²) in [5.74, 6) is -0.872. The molecule has 0 spiro atoms. The largest absolute Gasteiger partial charge is 0.484 e. The maximum absolute atomic E-state index is 13.1. The maximum Gasteiger partial charge on any atom is 0.262 e. The van der Waals surface area contributed by atoms with Gasteiger partial charge in [-0.25, -0.2) is 8.78 Å². The van der Waals surface area contributed by atoms with Crippen molar-refractivity contribution in [3.05, 3.63) is 94.9 Å². The molecule has 30 heavy (non-hydrogen) atoms.